The highest BCUT2D eigenvalue weighted by Gasteiger charge is 2.18. The van der Waals surface area contributed by atoms with Crippen molar-refractivity contribution in [3.05, 3.63) is 16.8 Å². The van der Waals surface area contributed by atoms with Crippen LogP contribution >= 0.6 is 11.6 Å². The van der Waals surface area contributed by atoms with E-state index in [9.17, 15) is 5.11 Å². The molecule has 0 saturated heterocycles. The van der Waals surface area contributed by atoms with E-state index in [4.69, 9.17) is 21.1 Å². The van der Waals surface area contributed by atoms with Crippen molar-refractivity contribution < 1.29 is 14.6 Å². The molecule has 0 aliphatic heterocycles. The molecule has 0 radical (unpaired) electrons. The van der Waals surface area contributed by atoms with Gasteiger partial charge in [0.15, 0.2) is 0 Å². The van der Waals surface area contributed by atoms with Crippen molar-refractivity contribution in [2.75, 3.05) is 13.7 Å². The second-order valence-corrected chi connectivity index (χ2v) is 4.13. The predicted molar refractivity (Wildman–Crippen MR) is 66.8 cm³/mol. The number of methoxy groups -OCH3 is 1. The Kier molecular flexibility index (Phi) is 5.51. The third kappa shape index (κ3) is 3.75. The highest BCUT2D eigenvalue weighted by atomic mass is 35.5. The summed E-state index contributed by atoms with van der Waals surface area (Å²) in [4.78, 5) is 4.00. The molecule has 1 N–H and O–H groups in total. The maximum atomic E-state index is 9.72. The summed E-state index contributed by atoms with van der Waals surface area (Å²) >= 11 is 5.87. The van der Waals surface area contributed by atoms with Crippen molar-refractivity contribution in [2.24, 2.45) is 0 Å². The second-order valence-electron chi connectivity index (χ2n) is 3.74. The maximum absolute atomic E-state index is 9.72. The smallest absolute Gasteiger partial charge is 0.224 e. The van der Waals surface area contributed by atoms with E-state index in [0.29, 0.717) is 23.8 Å². The van der Waals surface area contributed by atoms with Gasteiger partial charge in [-0.2, -0.15) is 0 Å². The minimum Gasteiger partial charge on any atom is -0.493 e. The zero-order valence-corrected chi connectivity index (χ0v) is 11.1. The Morgan fingerprint density at radius 3 is 2.76 bits per heavy atom. The number of aliphatic hydroxyl groups is 1. The number of aromatic nitrogens is 1. The molecule has 17 heavy (non-hydrogen) atoms. The third-order valence-corrected chi connectivity index (χ3v) is 2.51. The van der Waals surface area contributed by atoms with Gasteiger partial charge in [0, 0.05) is 6.07 Å². The Balaban J connectivity index is 3.03. The highest BCUT2D eigenvalue weighted by molar-refractivity contribution is 6.29. The van der Waals surface area contributed by atoms with Gasteiger partial charge in [-0.25, -0.2) is 4.98 Å². The average Bonchev–Trinajstić information content (AvgIpc) is 2.28. The minimum absolute atomic E-state index is 0.290. The molecule has 0 fully saturated rings. The fraction of sp³-hybridized carbons (Fsp3) is 0.583. The lowest BCUT2D eigenvalue weighted by molar-refractivity contribution is 0.184. The molecule has 1 atom stereocenters. The van der Waals surface area contributed by atoms with Gasteiger partial charge in [0.2, 0.25) is 5.88 Å². The molecular weight excluding hydrogens is 242 g/mol. The van der Waals surface area contributed by atoms with E-state index >= 15 is 0 Å². The summed E-state index contributed by atoms with van der Waals surface area (Å²) < 4.78 is 10.7. The quantitative estimate of drug-likeness (QED) is 0.630. The lowest BCUT2D eigenvalue weighted by atomic mass is 10.1. The number of ether oxygens (including phenoxy) is 2. The van der Waals surface area contributed by atoms with Crippen LogP contribution in [0.2, 0.25) is 5.15 Å². The van der Waals surface area contributed by atoms with Gasteiger partial charge in [0.05, 0.1) is 25.4 Å². The van der Waals surface area contributed by atoms with Gasteiger partial charge in [-0.15, -0.1) is 0 Å². The van der Waals surface area contributed by atoms with Crippen molar-refractivity contribution in [3.63, 3.8) is 0 Å². The van der Waals surface area contributed by atoms with Gasteiger partial charge in [0.25, 0.3) is 0 Å². The van der Waals surface area contributed by atoms with Gasteiger partial charge in [-0.05, 0) is 13.3 Å². The Labute approximate surface area is 107 Å². The van der Waals surface area contributed by atoms with Gasteiger partial charge >= 0.3 is 0 Å². The molecule has 1 rings (SSSR count). The fourth-order valence-corrected chi connectivity index (χ4v) is 1.64. The number of hydrogen-bond donors (Lipinski definition) is 1. The lowest BCUT2D eigenvalue weighted by Gasteiger charge is -2.16. The SMILES string of the molecule is CCCCOc1cc(Cl)nc(OC)c1C(C)O. The van der Waals surface area contributed by atoms with Gasteiger partial charge in [0.1, 0.15) is 10.9 Å². The van der Waals surface area contributed by atoms with Crippen LogP contribution in [0, 0.1) is 0 Å². The molecule has 0 aromatic carbocycles. The second kappa shape index (κ2) is 6.67. The molecule has 0 aliphatic rings. The normalized spacial score (nSPS) is 12.3. The monoisotopic (exact) mass is 259 g/mol. The number of halogens is 1. The van der Waals surface area contributed by atoms with Gasteiger partial charge in [-0.3, -0.25) is 0 Å². The number of hydrogen-bond acceptors (Lipinski definition) is 4. The summed E-state index contributed by atoms with van der Waals surface area (Å²) in [6.07, 6.45) is 1.27. The molecule has 4 nitrogen and oxygen atoms in total. The van der Waals surface area contributed by atoms with E-state index in [1.807, 2.05) is 0 Å². The van der Waals surface area contributed by atoms with E-state index in [-0.39, 0.29) is 5.15 Å². The van der Waals surface area contributed by atoms with Crippen LogP contribution in [0.3, 0.4) is 0 Å². The fourth-order valence-electron chi connectivity index (χ4n) is 1.47. The largest absolute Gasteiger partial charge is 0.493 e. The van der Waals surface area contributed by atoms with Gasteiger partial charge < -0.3 is 14.6 Å². The van der Waals surface area contributed by atoms with E-state index in [1.165, 1.54) is 7.11 Å². The molecule has 0 amide bonds. The Bertz CT molecular complexity index is 369. The number of nitrogens with zero attached hydrogens (tertiary/aromatic N) is 1. The van der Waals surface area contributed by atoms with Crippen LogP contribution in [0.5, 0.6) is 11.6 Å². The van der Waals surface area contributed by atoms with Crippen LogP contribution in [0.15, 0.2) is 6.07 Å². The van der Waals surface area contributed by atoms with Crippen molar-refractivity contribution in [1.82, 2.24) is 4.98 Å². The molecule has 1 aromatic rings. The summed E-state index contributed by atoms with van der Waals surface area (Å²) in [5, 5.41) is 10.0. The molecule has 5 heteroatoms. The van der Waals surface area contributed by atoms with E-state index in [1.54, 1.807) is 13.0 Å². The molecule has 1 heterocycles. The molecular formula is C12H18ClNO3. The van der Waals surface area contributed by atoms with E-state index < -0.39 is 6.10 Å². The van der Waals surface area contributed by atoms with Crippen LogP contribution in [0.1, 0.15) is 38.4 Å². The summed E-state index contributed by atoms with van der Waals surface area (Å²) in [6.45, 7) is 4.30. The molecule has 1 unspecified atom stereocenters. The molecule has 0 spiro atoms. The Morgan fingerprint density at radius 2 is 2.24 bits per heavy atom. The summed E-state index contributed by atoms with van der Waals surface area (Å²) in [6, 6.07) is 1.60. The van der Waals surface area contributed by atoms with Crippen molar-refractivity contribution >= 4 is 11.6 Å². The van der Waals surface area contributed by atoms with Crippen molar-refractivity contribution in [2.45, 2.75) is 32.8 Å². The standard InChI is InChI=1S/C12H18ClNO3/c1-4-5-6-17-9-7-10(13)14-12(16-3)11(9)8(2)15/h7-8,15H,4-6H2,1-3H3. The summed E-state index contributed by atoms with van der Waals surface area (Å²) in [7, 11) is 1.49. The Hall–Kier alpha value is -1.00. The zero-order valence-electron chi connectivity index (χ0n) is 10.4. The van der Waals surface area contributed by atoms with Crippen LogP contribution in [0.25, 0.3) is 0 Å². The number of aliphatic hydroxyl groups excluding tert-OH is 1. The highest BCUT2D eigenvalue weighted by Crippen LogP contribution is 2.34. The van der Waals surface area contributed by atoms with E-state index in [2.05, 4.69) is 11.9 Å². The molecule has 0 aliphatic carbocycles. The first-order chi connectivity index (χ1) is 8.10. The summed E-state index contributed by atoms with van der Waals surface area (Å²) in [5.41, 5.74) is 0.535. The van der Waals surface area contributed by atoms with E-state index in [0.717, 1.165) is 12.8 Å². The predicted octanol–water partition coefficient (Wildman–Crippen LogP) is 2.98. The Morgan fingerprint density at radius 1 is 1.53 bits per heavy atom. The zero-order chi connectivity index (χ0) is 12.8. The first-order valence-electron chi connectivity index (χ1n) is 5.65. The third-order valence-electron chi connectivity index (χ3n) is 2.32. The molecule has 0 bridgehead atoms. The van der Waals surface area contributed by atoms with Gasteiger partial charge in [-0.1, -0.05) is 24.9 Å². The van der Waals surface area contributed by atoms with Crippen LogP contribution in [-0.2, 0) is 0 Å². The number of rotatable bonds is 6. The first kappa shape index (κ1) is 14.1. The average molecular weight is 260 g/mol. The number of unbranched alkanes of at least 4 members (excludes halogenated alkanes) is 1. The minimum atomic E-state index is -0.716. The molecule has 0 saturated carbocycles. The molecule has 1 aromatic heterocycles. The van der Waals surface area contributed by atoms with Crippen LogP contribution in [-0.4, -0.2) is 23.8 Å². The topological polar surface area (TPSA) is 51.6 Å². The molecule has 96 valence electrons. The van der Waals surface area contributed by atoms with Crippen LogP contribution < -0.4 is 9.47 Å². The number of pyridine rings is 1. The van der Waals surface area contributed by atoms with Crippen LogP contribution in [0.4, 0.5) is 0 Å². The first-order valence-corrected chi connectivity index (χ1v) is 6.03. The summed E-state index contributed by atoms with van der Waals surface area (Å²) in [5.74, 6) is 0.837. The van der Waals surface area contributed by atoms with Crippen molar-refractivity contribution in [3.8, 4) is 11.6 Å². The van der Waals surface area contributed by atoms with Crippen molar-refractivity contribution in [1.29, 1.82) is 0 Å². The lowest BCUT2D eigenvalue weighted by Crippen LogP contribution is -2.05. The maximum Gasteiger partial charge on any atom is 0.224 e.